The lowest BCUT2D eigenvalue weighted by molar-refractivity contribution is -0.125. The van der Waals surface area contributed by atoms with Crippen LogP contribution in [-0.4, -0.2) is 54.8 Å². The van der Waals surface area contributed by atoms with E-state index < -0.39 is 0 Å². The number of likely N-dealkylation sites (tertiary alicyclic amines) is 1. The zero-order valence-electron chi connectivity index (χ0n) is 19.8. The second-order valence-electron chi connectivity index (χ2n) is 9.55. The van der Waals surface area contributed by atoms with Crippen molar-refractivity contribution in [1.29, 1.82) is 0 Å². The SMILES string of the molecule is O=C(CN1C(=O)[C@@H]2CCCCN2c2ccc(C(=O)N3CCCCC3)cc21)NCc1ccccc1Cl. The van der Waals surface area contributed by atoms with Gasteiger partial charge in [0.1, 0.15) is 12.6 Å². The highest BCUT2D eigenvalue weighted by molar-refractivity contribution is 6.31. The zero-order chi connectivity index (χ0) is 24.4. The molecule has 0 aliphatic carbocycles. The molecule has 2 aromatic carbocycles. The minimum absolute atomic E-state index is 0.0103. The van der Waals surface area contributed by atoms with E-state index in [-0.39, 0.29) is 36.9 Å². The monoisotopic (exact) mass is 494 g/mol. The number of halogens is 1. The summed E-state index contributed by atoms with van der Waals surface area (Å²) in [5.41, 5.74) is 2.95. The molecule has 1 atom stereocenters. The Balaban J connectivity index is 1.40. The van der Waals surface area contributed by atoms with Crippen LogP contribution in [0.4, 0.5) is 11.4 Å². The van der Waals surface area contributed by atoms with Gasteiger partial charge in [-0.05, 0) is 68.4 Å². The molecule has 0 saturated carbocycles. The van der Waals surface area contributed by atoms with Gasteiger partial charge in [0.25, 0.3) is 5.91 Å². The number of carbonyl (C=O) groups excluding carboxylic acids is 3. The molecule has 0 aromatic heterocycles. The molecule has 0 spiro atoms. The number of nitrogens with one attached hydrogen (secondary N) is 1. The third kappa shape index (κ3) is 4.87. The third-order valence-corrected chi connectivity index (χ3v) is 7.62. The molecule has 0 radical (unpaired) electrons. The second kappa shape index (κ2) is 10.3. The van der Waals surface area contributed by atoms with E-state index in [1.807, 2.05) is 35.2 Å². The Bertz CT molecular complexity index is 1130. The summed E-state index contributed by atoms with van der Waals surface area (Å²) in [5, 5.41) is 3.48. The number of hydrogen-bond acceptors (Lipinski definition) is 4. The van der Waals surface area contributed by atoms with E-state index in [2.05, 4.69) is 10.2 Å². The minimum atomic E-state index is -0.267. The first-order valence-corrected chi connectivity index (χ1v) is 12.9. The quantitative estimate of drug-likeness (QED) is 0.682. The van der Waals surface area contributed by atoms with Crippen LogP contribution in [0.15, 0.2) is 42.5 Å². The highest BCUT2D eigenvalue weighted by atomic mass is 35.5. The van der Waals surface area contributed by atoms with E-state index in [1.54, 1.807) is 17.0 Å². The van der Waals surface area contributed by atoms with E-state index >= 15 is 0 Å². The normalized spacial score (nSPS) is 19.7. The second-order valence-corrected chi connectivity index (χ2v) is 9.96. The van der Waals surface area contributed by atoms with Crippen LogP contribution in [0.3, 0.4) is 0 Å². The summed E-state index contributed by atoms with van der Waals surface area (Å²) in [6.07, 6.45) is 5.96. The van der Waals surface area contributed by atoms with Crippen molar-refractivity contribution < 1.29 is 14.4 Å². The number of nitrogens with zero attached hydrogens (tertiary/aromatic N) is 3. The summed E-state index contributed by atoms with van der Waals surface area (Å²) < 4.78 is 0. The lowest BCUT2D eigenvalue weighted by Gasteiger charge is -2.45. The zero-order valence-corrected chi connectivity index (χ0v) is 20.6. The van der Waals surface area contributed by atoms with E-state index in [9.17, 15) is 14.4 Å². The third-order valence-electron chi connectivity index (χ3n) is 7.26. The average Bonchev–Trinajstić information content (AvgIpc) is 2.90. The molecule has 0 bridgehead atoms. The smallest absolute Gasteiger partial charge is 0.253 e. The van der Waals surface area contributed by atoms with Crippen LogP contribution < -0.4 is 15.1 Å². The molecule has 3 amide bonds. The first kappa shape index (κ1) is 23.7. The summed E-state index contributed by atoms with van der Waals surface area (Å²) >= 11 is 6.22. The summed E-state index contributed by atoms with van der Waals surface area (Å²) in [6, 6.07) is 12.7. The largest absolute Gasteiger partial charge is 0.358 e. The molecular formula is C27H31ClN4O3. The number of anilines is 2. The van der Waals surface area contributed by atoms with E-state index in [0.29, 0.717) is 16.3 Å². The standard InChI is InChI=1S/C27H31ClN4O3/c28-21-9-3-2-8-20(21)17-29-25(33)18-32-24-16-19(26(34)30-13-5-1-6-14-30)11-12-22(24)31-15-7-4-10-23(31)27(32)35/h2-3,8-9,11-12,16,23H,1,4-7,10,13-15,17-18H2,(H,29,33)/t23-/m0/s1. The van der Waals surface area contributed by atoms with Crippen molar-refractivity contribution in [3.63, 3.8) is 0 Å². The maximum atomic E-state index is 13.6. The predicted octanol–water partition coefficient (Wildman–Crippen LogP) is 3.99. The molecule has 3 aliphatic heterocycles. The predicted molar refractivity (Wildman–Crippen MR) is 137 cm³/mol. The lowest BCUT2D eigenvalue weighted by atomic mass is 9.95. The number of carbonyl (C=O) groups is 3. The molecule has 184 valence electrons. The number of amides is 3. The van der Waals surface area contributed by atoms with Crippen LogP contribution in [0.2, 0.25) is 5.02 Å². The Morgan fingerprint density at radius 3 is 2.51 bits per heavy atom. The lowest BCUT2D eigenvalue weighted by Crippen LogP contribution is -2.57. The van der Waals surface area contributed by atoms with Crippen LogP contribution in [0, 0.1) is 0 Å². The molecule has 2 fully saturated rings. The number of hydrogen-bond donors (Lipinski definition) is 1. The van der Waals surface area contributed by atoms with Gasteiger partial charge in [0, 0.05) is 36.8 Å². The first-order valence-electron chi connectivity index (χ1n) is 12.5. The summed E-state index contributed by atoms with van der Waals surface area (Å²) in [7, 11) is 0. The maximum absolute atomic E-state index is 13.6. The number of rotatable bonds is 5. The minimum Gasteiger partial charge on any atom is -0.358 e. The van der Waals surface area contributed by atoms with Crippen LogP contribution in [0.1, 0.15) is 54.4 Å². The van der Waals surface area contributed by atoms with Gasteiger partial charge in [0.2, 0.25) is 11.8 Å². The van der Waals surface area contributed by atoms with Gasteiger partial charge < -0.3 is 15.1 Å². The van der Waals surface area contributed by atoms with E-state index in [1.165, 1.54) is 0 Å². The Morgan fingerprint density at radius 1 is 0.943 bits per heavy atom. The molecular weight excluding hydrogens is 464 g/mol. The van der Waals surface area contributed by atoms with Crippen molar-refractivity contribution in [3.05, 3.63) is 58.6 Å². The Hall–Kier alpha value is -3.06. The summed E-state index contributed by atoms with van der Waals surface area (Å²) in [4.78, 5) is 45.3. The van der Waals surface area contributed by atoms with Crippen molar-refractivity contribution in [1.82, 2.24) is 10.2 Å². The van der Waals surface area contributed by atoms with E-state index in [0.717, 1.165) is 69.4 Å². The molecule has 0 unspecified atom stereocenters. The number of benzene rings is 2. The van der Waals surface area contributed by atoms with Gasteiger partial charge in [-0.25, -0.2) is 0 Å². The first-order chi connectivity index (χ1) is 17.0. The number of piperidine rings is 2. The molecule has 7 nitrogen and oxygen atoms in total. The van der Waals surface area contributed by atoms with Gasteiger partial charge in [0.15, 0.2) is 0 Å². The highest BCUT2D eigenvalue weighted by Crippen LogP contribution is 2.40. The fourth-order valence-corrected chi connectivity index (χ4v) is 5.57. The molecule has 1 N–H and O–H groups in total. The molecule has 3 aliphatic rings. The summed E-state index contributed by atoms with van der Waals surface area (Å²) in [6.45, 7) is 2.52. The molecule has 8 heteroatoms. The van der Waals surface area contributed by atoms with Crippen LogP contribution >= 0.6 is 11.6 Å². The van der Waals surface area contributed by atoms with Crippen molar-refractivity contribution in [2.75, 3.05) is 36.0 Å². The van der Waals surface area contributed by atoms with Gasteiger partial charge in [-0.2, -0.15) is 0 Å². The van der Waals surface area contributed by atoms with Gasteiger partial charge in [-0.15, -0.1) is 0 Å². The fourth-order valence-electron chi connectivity index (χ4n) is 5.37. The fraction of sp³-hybridized carbons (Fsp3) is 0.444. The van der Waals surface area contributed by atoms with Crippen LogP contribution in [-0.2, 0) is 16.1 Å². The van der Waals surface area contributed by atoms with Gasteiger partial charge >= 0.3 is 0 Å². The summed E-state index contributed by atoms with van der Waals surface area (Å²) in [5.74, 6) is -0.349. The molecule has 5 rings (SSSR count). The maximum Gasteiger partial charge on any atom is 0.253 e. The molecule has 2 aromatic rings. The Kier molecular flexibility index (Phi) is 6.95. The van der Waals surface area contributed by atoms with E-state index in [4.69, 9.17) is 11.6 Å². The topological polar surface area (TPSA) is 73.0 Å². The average molecular weight is 495 g/mol. The van der Waals surface area contributed by atoms with Crippen molar-refractivity contribution in [2.24, 2.45) is 0 Å². The van der Waals surface area contributed by atoms with Crippen LogP contribution in [0.5, 0.6) is 0 Å². The highest BCUT2D eigenvalue weighted by Gasteiger charge is 2.40. The van der Waals surface area contributed by atoms with Crippen molar-refractivity contribution >= 4 is 40.7 Å². The van der Waals surface area contributed by atoms with Crippen molar-refractivity contribution in [2.45, 2.75) is 51.1 Å². The molecule has 2 saturated heterocycles. The Morgan fingerprint density at radius 2 is 1.71 bits per heavy atom. The van der Waals surface area contributed by atoms with Gasteiger partial charge in [0.05, 0.1) is 11.4 Å². The molecule has 3 heterocycles. The van der Waals surface area contributed by atoms with Crippen LogP contribution in [0.25, 0.3) is 0 Å². The van der Waals surface area contributed by atoms with Crippen molar-refractivity contribution in [3.8, 4) is 0 Å². The Labute approximate surface area is 211 Å². The molecule has 35 heavy (non-hydrogen) atoms. The van der Waals surface area contributed by atoms with Gasteiger partial charge in [-0.1, -0.05) is 29.8 Å². The van der Waals surface area contributed by atoms with Gasteiger partial charge in [-0.3, -0.25) is 19.3 Å². The number of fused-ring (bicyclic) bond motifs is 3.